The van der Waals surface area contributed by atoms with Gasteiger partial charge in [-0.1, -0.05) is 0 Å². The molecule has 0 saturated carbocycles. The number of hydrogen-bond donors (Lipinski definition) is 3. The number of carbonyl (C=O) groups is 3. The van der Waals surface area contributed by atoms with Crippen LogP contribution in [-0.4, -0.2) is 40.0 Å². The molecule has 0 aromatic rings. The second-order valence-corrected chi connectivity index (χ2v) is 3.48. The molecule has 8 heteroatoms. The summed E-state index contributed by atoms with van der Waals surface area (Å²) < 4.78 is 0.632. The number of nitrogens with zero attached hydrogens (tertiary/aromatic N) is 1. The number of carbonyl (C=O) groups excluding carboxylic acids is 2. The Kier molecular flexibility index (Phi) is 6.24. The third kappa shape index (κ3) is 5.40. The number of primary amides is 1. The number of amides is 3. The number of carboxylic acid groups (broad SMARTS) is 1. The normalized spacial score (nSPS) is 11.6. The van der Waals surface area contributed by atoms with Crippen LogP contribution in [0.2, 0.25) is 0 Å². The molecule has 0 aromatic carbocycles. The minimum Gasteiger partial charge on any atom is -0.480 e. The SMILES string of the molecule is CC(=O)N(Cl)[C@@H](CCCNC(N)=O)C(=O)O. The average molecular weight is 252 g/mol. The molecule has 0 spiro atoms. The maximum atomic E-state index is 10.9. The number of nitrogens with one attached hydrogen (secondary N) is 1. The summed E-state index contributed by atoms with van der Waals surface area (Å²) in [6.45, 7) is 1.41. The van der Waals surface area contributed by atoms with E-state index >= 15 is 0 Å². The van der Waals surface area contributed by atoms with Crippen LogP contribution in [-0.2, 0) is 9.59 Å². The Bertz CT molecular complexity index is 284. The summed E-state index contributed by atoms with van der Waals surface area (Å²) in [4.78, 5) is 32.0. The van der Waals surface area contributed by atoms with E-state index in [1.165, 1.54) is 6.92 Å². The summed E-state index contributed by atoms with van der Waals surface area (Å²) >= 11 is 5.51. The topological polar surface area (TPSA) is 113 Å². The molecule has 16 heavy (non-hydrogen) atoms. The van der Waals surface area contributed by atoms with Crippen LogP contribution in [0.4, 0.5) is 4.79 Å². The first kappa shape index (κ1) is 14.5. The summed E-state index contributed by atoms with van der Waals surface area (Å²) in [5, 5.41) is 11.1. The van der Waals surface area contributed by atoms with Crippen LogP contribution >= 0.6 is 11.8 Å². The van der Waals surface area contributed by atoms with Crippen molar-refractivity contribution in [1.29, 1.82) is 0 Å². The first-order chi connectivity index (χ1) is 7.36. The lowest BCUT2D eigenvalue weighted by atomic mass is 10.1. The van der Waals surface area contributed by atoms with Crippen LogP contribution in [0.1, 0.15) is 19.8 Å². The van der Waals surface area contributed by atoms with E-state index in [0.29, 0.717) is 10.8 Å². The maximum absolute atomic E-state index is 10.9. The fraction of sp³-hybridized carbons (Fsp3) is 0.625. The number of urea groups is 1. The Balaban J connectivity index is 4.10. The molecule has 4 N–H and O–H groups in total. The van der Waals surface area contributed by atoms with E-state index in [9.17, 15) is 14.4 Å². The van der Waals surface area contributed by atoms with Crippen molar-refractivity contribution < 1.29 is 19.5 Å². The molecule has 0 aliphatic carbocycles. The molecule has 0 aliphatic heterocycles. The summed E-state index contributed by atoms with van der Waals surface area (Å²) in [6, 6.07) is -1.78. The molecule has 0 radical (unpaired) electrons. The predicted molar refractivity (Wildman–Crippen MR) is 56.6 cm³/mol. The first-order valence-electron chi connectivity index (χ1n) is 4.58. The summed E-state index contributed by atoms with van der Waals surface area (Å²) in [7, 11) is 0. The van der Waals surface area contributed by atoms with Gasteiger partial charge in [-0.05, 0) is 12.8 Å². The molecule has 0 aliphatic rings. The van der Waals surface area contributed by atoms with Crippen molar-refractivity contribution in [3.8, 4) is 0 Å². The first-order valence-corrected chi connectivity index (χ1v) is 4.91. The number of aliphatic carboxylic acids is 1. The quantitative estimate of drug-likeness (QED) is 0.451. The lowest BCUT2D eigenvalue weighted by Crippen LogP contribution is -2.38. The van der Waals surface area contributed by atoms with E-state index in [-0.39, 0.29) is 13.0 Å². The molecular weight excluding hydrogens is 238 g/mol. The van der Waals surface area contributed by atoms with Gasteiger partial charge in [-0.3, -0.25) is 4.79 Å². The van der Waals surface area contributed by atoms with Crippen molar-refractivity contribution in [3.05, 3.63) is 0 Å². The number of nitrogens with two attached hydrogens (primary N) is 1. The van der Waals surface area contributed by atoms with E-state index in [1.807, 2.05) is 0 Å². The number of hydrogen-bond acceptors (Lipinski definition) is 3. The highest BCUT2D eigenvalue weighted by atomic mass is 35.5. The van der Waals surface area contributed by atoms with Crippen molar-refractivity contribution in [2.24, 2.45) is 5.73 Å². The lowest BCUT2D eigenvalue weighted by Gasteiger charge is -2.20. The van der Waals surface area contributed by atoms with Gasteiger partial charge in [0.25, 0.3) is 0 Å². The Morgan fingerprint density at radius 2 is 2.06 bits per heavy atom. The molecule has 92 valence electrons. The fourth-order valence-corrected chi connectivity index (χ4v) is 1.24. The highest BCUT2D eigenvalue weighted by Crippen LogP contribution is 2.10. The van der Waals surface area contributed by atoms with Gasteiger partial charge < -0.3 is 16.2 Å². The zero-order valence-corrected chi connectivity index (χ0v) is 9.53. The summed E-state index contributed by atoms with van der Waals surface area (Å²) in [6.07, 6.45) is 0.495. The lowest BCUT2D eigenvalue weighted by molar-refractivity contribution is -0.145. The summed E-state index contributed by atoms with van der Waals surface area (Å²) in [5.41, 5.74) is 4.82. The molecule has 0 saturated heterocycles. The van der Waals surface area contributed by atoms with Crippen LogP contribution in [0.25, 0.3) is 0 Å². The van der Waals surface area contributed by atoms with Gasteiger partial charge in [0.2, 0.25) is 5.91 Å². The number of rotatable bonds is 6. The Morgan fingerprint density at radius 1 is 1.50 bits per heavy atom. The predicted octanol–water partition coefficient (Wildman–Crippen LogP) is -0.110. The monoisotopic (exact) mass is 251 g/mol. The smallest absolute Gasteiger partial charge is 0.327 e. The Hall–Kier alpha value is -1.50. The molecule has 0 rings (SSSR count). The fourth-order valence-electron chi connectivity index (χ4n) is 1.06. The zero-order valence-electron chi connectivity index (χ0n) is 8.77. The number of carboxylic acids is 1. The second-order valence-electron chi connectivity index (χ2n) is 3.12. The highest BCUT2D eigenvalue weighted by Gasteiger charge is 2.25. The number of halogens is 1. The van der Waals surface area contributed by atoms with Gasteiger partial charge in [0.1, 0.15) is 6.04 Å². The molecule has 0 unspecified atom stereocenters. The largest absolute Gasteiger partial charge is 0.480 e. The van der Waals surface area contributed by atoms with Gasteiger partial charge in [-0.25, -0.2) is 14.0 Å². The van der Waals surface area contributed by atoms with E-state index in [1.54, 1.807) is 0 Å². The van der Waals surface area contributed by atoms with Crippen molar-refractivity contribution in [2.75, 3.05) is 6.54 Å². The van der Waals surface area contributed by atoms with Gasteiger partial charge in [-0.15, -0.1) is 0 Å². The van der Waals surface area contributed by atoms with Gasteiger partial charge in [0.15, 0.2) is 0 Å². The molecule has 0 heterocycles. The van der Waals surface area contributed by atoms with Gasteiger partial charge in [-0.2, -0.15) is 0 Å². The van der Waals surface area contributed by atoms with Crippen molar-refractivity contribution in [3.63, 3.8) is 0 Å². The third-order valence-electron chi connectivity index (χ3n) is 1.81. The molecular formula is C8H14ClN3O4. The zero-order chi connectivity index (χ0) is 12.7. The van der Waals surface area contributed by atoms with Gasteiger partial charge in [0, 0.05) is 25.2 Å². The average Bonchev–Trinajstić information content (AvgIpc) is 2.15. The van der Waals surface area contributed by atoms with Crippen LogP contribution in [0.15, 0.2) is 0 Å². The Labute approximate surface area is 97.6 Å². The van der Waals surface area contributed by atoms with E-state index in [2.05, 4.69) is 5.32 Å². The molecule has 0 bridgehead atoms. The summed E-state index contributed by atoms with van der Waals surface area (Å²) in [5.74, 6) is -1.73. The minimum absolute atomic E-state index is 0.138. The molecule has 3 amide bonds. The molecule has 1 atom stereocenters. The molecule has 0 fully saturated rings. The van der Waals surface area contributed by atoms with Crippen LogP contribution in [0, 0.1) is 0 Å². The van der Waals surface area contributed by atoms with E-state index in [0.717, 1.165) is 0 Å². The molecule has 0 aromatic heterocycles. The van der Waals surface area contributed by atoms with Crippen molar-refractivity contribution >= 4 is 29.7 Å². The third-order valence-corrected chi connectivity index (χ3v) is 2.29. The van der Waals surface area contributed by atoms with Crippen LogP contribution in [0.3, 0.4) is 0 Å². The standard InChI is InChI=1S/C8H14ClN3O4/c1-5(13)12(9)6(7(14)15)3-2-4-11-8(10)16/h6H,2-4H2,1H3,(H,14,15)(H3,10,11,16)/t6-/m0/s1. The second kappa shape index (κ2) is 6.89. The minimum atomic E-state index is -1.19. The highest BCUT2D eigenvalue weighted by molar-refractivity contribution is 6.22. The van der Waals surface area contributed by atoms with E-state index < -0.39 is 23.9 Å². The van der Waals surface area contributed by atoms with Gasteiger partial charge >= 0.3 is 12.0 Å². The van der Waals surface area contributed by atoms with Crippen LogP contribution < -0.4 is 11.1 Å². The molecule has 7 nitrogen and oxygen atoms in total. The van der Waals surface area contributed by atoms with Crippen molar-refractivity contribution in [1.82, 2.24) is 9.74 Å². The maximum Gasteiger partial charge on any atom is 0.327 e. The van der Waals surface area contributed by atoms with Gasteiger partial charge in [0.05, 0.1) is 0 Å². The van der Waals surface area contributed by atoms with Crippen LogP contribution in [0.5, 0.6) is 0 Å². The van der Waals surface area contributed by atoms with Crippen molar-refractivity contribution in [2.45, 2.75) is 25.8 Å². The Morgan fingerprint density at radius 3 is 2.44 bits per heavy atom. The van der Waals surface area contributed by atoms with E-state index in [4.69, 9.17) is 22.6 Å².